The van der Waals surface area contributed by atoms with Gasteiger partial charge >= 0.3 is 5.97 Å². The van der Waals surface area contributed by atoms with Crippen molar-refractivity contribution >= 4 is 23.0 Å². The lowest BCUT2D eigenvalue weighted by Crippen LogP contribution is -2.24. The monoisotopic (exact) mass is 290 g/mol. The number of hydrogen-bond donors (Lipinski definition) is 1. The zero-order valence-electron chi connectivity index (χ0n) is 11.8. The van der Waals surface area contributed by atoms with Gasteiger partial charge in [0.25, 0.3) is 0 Å². The van der Waals surface area contributed by atoms with Crippen LogP contribution in [0, 0.1) is 13.8 Å². The van der Waals surface area contributed by atoms with Gasteiger partial charge in [-0.15, -0.1) is 11.3 Å². The number of rotatable bonds is 5. The van der Waals surface area contributed by atoms with Crippen LogP contribution in [0.3, 0.4) is 0 Å². The summed E-state index contributed by atoms with van der Waals surface area (Å²) >= 11 is 1.52. The second-order valence-corrected chi connectivity index (χ2v) is 5.50. The first kappa shape index (κ1) is 14.5. The van der Waals surface area contributed by atoms with Gasteiger partial charge in [-0.25, -0.2) is 9.78 Å². The smallest absolute Gasteiger partial charge is 0.334 e. The Morgan fingerprint density at radius 2 is 2.15 bits per heavy atom. The van der Waals surface area contributed by atoms with E-state index in [1.807, 2.05) is 43.5 Å². The molecular weight excluding hydrogens is 272 g/mol. The maximum atomic E-state index is 12.1. The number of anilines is 1. The molecule has 1 unspecified atom stereocenters. The number of carbonyl (C=O) groups excluding carboxylic acids is 1. The van der Waals surface area contributed by atoms with Crippen molar-refractivity contribution in [2.45, 2.75) is 26.8 Å². The highest BCUT2D eigenvalue weighted by Crippen LogP contribution is 2.24. The molecule has 1 aromatic carbocycles. The molecular formula is C15H18N2O2S. The lowest BCUT2D eigenvalue weighted by molar-refractivity contribution is -0.144. The Hall–Kier alpha value is -1.88. The number of esters is 1. The maximum Gasteiger partial charge on any atom is 0.334 e. The number of nitrogens with zero attached hydrogens (tertiary/aromatic N) is 1. The number of para-hydroxylation sites is 1. The van der Waals surface area contributed by atoms with Crippen LogP contribution in [0.25, 0.3) is 0 Å². The second kappa shape index (κ2) is 6.52. The van der Waals surface area contributed by atoms with E-state index in [9.17, 15) is 4.79 Å². The summed E-state index contributed by atoms with van der Waals surface area (Å²) in [5, 5.41) is 6.05. The highest BCUT2D eigenvalue weighted by Gasteiger charge is 2.24. The number of ether oxygens (including phenoxy) is 1. The van der Waals surface area contributed by atoms with Crippen LogP contribution in [0.2, 0.25) is 0 Å². The maximum absolute atomic E-state index is 12.1. The normalized spacial score (nSPS) is 11.9. The molecule has 0 aliphatic rings. The molecule has 0 aliphatic carbocycles. The standard InChI is InChI=1S/C15H18N2O2S/c1-4-19-15(18)14(13-9-20-11(3)16-13)17-12-8-6-5-7-10(12)2/h5-9,14,17H,4H2,1-3H3. The Bertz CT molecular complexity index is 595. The molecule has 0 radical (unpaired) electrons. The fraction of sp³-hybridized carbons (Fsp3) is 0.333. The average Bonchev–Trinajstić information content (AvgIpc) is 2.84. The van der Waals surface area contributed by atoms with Crippen molar-refractivity contribution in [2.75, 3.05) is 11.9 Å². The van der Waals surface area contributed by atoms with Gasteiger partial charge in [-0.2, -0.15) is 0 Å². The minimum absolute atomic E-state index is 0.305. The largest absolute Gasteiger partial charge is 0.464 e. The second-order valence-electron chi connectivity index (χ2n) is 4.44. The predicted molar refractivity (Wildman–Crippen MR) is 81.0 cm³/mol. The molecule has 0 bridgehead atoms. The van der Waals surface area contributed by atoms with E-state index in [0.29, 0.717) is 12.3 Å². The summed E-state index contributed by atoms with van der Waals surface area (Å²) in [5.41, 5.74) is 2.69. The minimum Gasteiger partial charge on any atom is -0.464 e. The molecule has 0 spiro atoms. The molecule has 0 aliphatic heterocycles. The van der Waals surface area contributed by atoms with E-state index < -0.39 is 6.04 Å². The topological polar surface area (TPSA) is 51.2 Å². The van der Waals surface area contributed by atoms with Crippen LogP contribution < -0.4 is 5.32 Å². The Labute approximate surface area is 122 Å². The van der Waals surface area contributed by atoms with Crippen molar-refractivity contribution in [1.82, 2.24) is 4.98 Å². The van der Waals surface area contributed by atoms with Gasteiger partial charge in [0.2, 0.25) is 0 Å². The summed E-state index contributed by atoms with van der Waals surface area (Å²) in [6, 6.07) is 7.27. The highest BCUT2D eigenvalue weighted by atomic mass is 32.1. The van der Waals surface area contributed by atoms with Gasteiger partial charge in [-0.05, 0) is 32.4 Å². The molecule has 4 nitrogen and oxygen atoms in total. The van der Waals surface area contributed by atoms with Gasteiger partial charge in [-0.1, -0.05) is 18.2 Å². The first-order valence-corrected chi connectivity index (χ1v) is 7.40. The molecule has 1 atom stereocenters. The van der Waals surface area contributed by atoms with Crippen molar-refractivity contribution in [1.29, 1.82) is 0 Å². The number of aryl methyl sites for hydroxylation is 2. The number of nitrogens with one attached hydrogen (secondary N) is 1. The summed E-state index contributed by atoms with van der Waals surface area (Å²) in [7, 11) is 0. The van der Waals surface area contributed by atoms with Crippen LogP contribution in [0.5, 0.6) is 0 Å². The van der Waals surface area contributed by atoms with Gasteiger partial charge in [0, 0.05) is 11.1 Å². The lowest BCUT2D eigenvalue weighted by Gasteiger charge is -2.18. The van der Waals surface area contributed by atoms with E-state index in [1.54, 1.807) is 6.92 Å². The molecule has 0 saturated carbocycles. The fourth-order valence-electron chi connectivity index (χ4n) is 1.88. The predicted octanol–water partition coefficient (Wildman–Crippen LogP) is 3.48. The summed E-state index contributed by atoms with van der Waals surface area (Å²) in [4.78, 5) is 16.5. The summed E-state index contributed by atoms with van der Waals surface area (Å²) < 4.78 is 5.14. The SMILES string of the molecule is CCOC(=O)C(Nc1ccccc1C)c1csc(C)n1. The molecule has 1 N–H and O–H groups in total. The molecule has 1 heterocycles. The third kappa shape index (κ3) is 3.36. The summed E-state index contributed by atoms with van der Waals surface area (Å²) in [5.74, 6) is -0.305. The molecule has 2 rings (SSSR count). The first-order chi connectivity index (χ1) is 9.61. The van der Waals surface area contributed by atoms with Gasteiger partial charge in [0.05, 0.1) is 17.3 Å². The number of aromatic nitrogens is 1. The van der Waals surface area contributed by atoms with Crippen LogP contribution >= 0.6 is 11.3 Å². The van der Waals surface area contributed by atoms with Gasteiger partial charge in [-0.3, -0.25) is 0 Å². The van der Waals surface area contributed by atoms with E-state index in [4.69, 9.17) is 4.74 Å². The van der Waals surface area contributed by atoms with Crippen molar-refractivity contribution in [2.24, 2.45) is 0 Å². The number of hydrogen-bond acceptors (Lipinski definition) is 5. The highest BCUT2D eigenvalue weighted by molar-refractivity contribution is 7.09. The average molecular weight is 290 g/mol. The van der Waals surface area contributed by atoms with Crippen LogP contribution in [0.15, 0.2) is 29.6 Å². The van der Waals surface area contributed by atoms with Gasteiger partial charge in [0.15, 0.2) is 6.04 Å². The van der Waals surface area contributed by atoms with Crippen LogP contribution in [-0.4, -0.2) is 17.6 Å². The number of carbonyl (C=O) groups is 1. The molecule has 1 aromatic heterocycles. The van der Waals surface area contributed by atoms with Crippen LogP contribution in [0.4, 0.5) is 5.69 Å². The van der Waals surface area contributed by atoms with E-state index in [1.165, 1.54) is 11.3 Å². The molecule has 5 heteroatoms. The van der Waals surface area contributed by atoms with E-state index in [2.05, 4.69) is 10.3 Å². The zero-order chi connectivity index (χ0) is 14.5. The third-order valence-corrected chi connectivity index (χ3v) is 3.69. The zero-order valence-corrected chi connectivity index (χ0v) is 12.7. The third-order valence-electron chi connectivity index (χ3n) is 2.90. The van der Waals surface area contributed by atoms with E-state index in [-0.39, 0.29) is 5.97 Å². The van der Waals surface area contributed by atoms with Crippen molar-refractivity contribution < 1.29 is 9.53 Å². The Kier molecular flexibility index (Phi) is 4.74. The Morgan fingerprint density at radius 1 is 1.40 bits per heavy atom. The molecule has 106 valence electrons. The Morgan fingerprint density at radius 3 is 2.75 bits per heavy atom. The number of benzene rings is 1. The van der Waals surface area contributed by atoms with Crippen LogP contribution in [0.1, 0.15) is 29.2 Å². The minimum atomic E-state index is -0.569. The summed E-state index contributed by atoms with van der Waals surface area (Å²) in [6.45, 7) is 6.07. The summed E-state index contributed by atoms with van der Waals surface area (Å²) in [6.07, 6.45) is 0. The van der Waals surface area contributed by atoms with Crippen molar-refractivity contribution in [3.8, 4) is 0 Å². The molecule has 2 aromatic rings. The Balaban J connectivity index is 2.27. The molecule has 20 heavy (non-hydrogen) atoms. The molecule has 0 fully saturated rings. The van der Waals surface area contributed by atoms with E-state index >= 15 is 0 Å². The molecule has 0 saturated heterocycles. The van der Waals surface area contributed by atoms with Crippen molar-refractivity contribution in [3.63, 3.8) is 0 Å². The fourth-order valence-corrected chi connectivity index (χ4v) is 2.52. The van der Waals surface area contributed by atoms with Crippen molar-refractivity contribution in [3.05, 3.63) is 45.9 Å². The van der Waals surface area contributed by atoms with E-state index in [0.717, 1.165) is 16.3 Å². The molecule has 0 amide bonds. The lowest BCUT2D eigenvalue weighted by atomic mass is 10.1. The van der Waals surface area contributed by atoms with Crippen LogP contribution in [-0.2, 0) is 9.53 Å². The van der Waals surface area contributed by atoms with Gasteiger partial charge < -0.3 is 10.1 Å². The first-order valence-electron chi connectivity index (χ1n) is 6.52. The quantitative estimate of drug-likeness (QED) is 0.857. The van der Waals surface area contributed by atoms with Gasteiger partial charge in [0.1, 0.15) is 0 Å². The number of thiazole rings is 1.